The van der Waals surface area contributed by atoms with Crippen molar-refractivity contribution in [2.24, 2.45) is 0 Å². The maximum atomic E-state index is 12.2. The van der Waals surface area contributed by atoms with Gasteiger partial charge in [0.25, 0.3) is 11.5 Å². The van der Waals surface area contributed by atoms with Gasteiger partial charge in [0.05, 0.1) is 26.0 Å². The molecule has 0 aliphatic carbocycles. The number of fused-ring (bicyclic) bond motifs is 1. The Hall–Kier alpha value is -2.41. The van der Waals surface area contributed by atoms with Crippen molar-refractivity contribution in [3.63, 3.8) is 0 Å². The van der Waals surface area contributed by atoms with Crippen LogP contribution in [-0.2, 0) is 23.4 Å². The molecule has 0 atom stereocenters. The molecule has 0 bridgehead atoms. The van der Waals surface area contributed by atoms with Crippen molar-refractivity contribution >= 4 is 5.91 Å². The van der Waals surface area contributed by atoms with Crippen LogP contribution in [0.4, 0.5) is 0 Å². The number of rotatable bonds is 3. The van der Waals surface area contributed by atoms with Crippen molar-refractivity contribution in [2.75, 3.05) is 6.61 Å². The summed E-state index contributed by atoms with van der Waals surface area (Å²) in [5.41, 5.74) is -0.861. The van der Waals surface area contributed by atoms with Gasteiger partial charge in [-0.3, -0.25) is 14.2 Å². The van der Waals surface area contributed by atoms with Gasteiger partial charge in [0.15, 0.2) is 0 Å². The third-order valence-electron chi connectivity index (χ3n) is 3.56. The molecule has 22 heavy (non-hydrogen) atoms. The molecule has 0 radical (unpaired) electrons. The third-order valence-corrected chi connectivity index (χ3v) is 3.56. The zero-order valence-corrected chi connectivity index (χ0v) is 12.5. The average molecular weight is 303 g/mol. The highest BCUT2D eigenvalue weighted by Crippen LogP contribution is 2.25. The Labute approximate surface area is 126 Å². The molecular weight excluding hydrogens is 286 g/mol. The highest BCUT2D eigenvalue weighted by Gasteiger charge is 2.32. The number of nitrogens with one attached hydrogen (secondary N) is 1. The van der Waals surface area contributed by atoms with E-state index in [1.807, 2.05) is 13.8 Å². The first-order valence-electron chi connectivity index (χ1n) is 7.04. The van der Waals surface area contributed by atoms with E-state index in [1.165, 1.54) is 12.3 Å². The molecule has 3 rings (SSSR count). The topological polar surface area (TPSA) is 86.4 Å². The Morgan fingerprint density at radius 3 is 3.05 bits per heavy atom. The predicted octanol–water partition coefficient (Wildman–Crippen LogP) is 1.03. The van der Waals surface area contributed by atoms with Crippen molar-refractivity contribution in [1.82, 2.24) is 14.9 Å². The quantitative estimate of drug-likeness (QED) is 0.915. The van der Waals surface area contributed by atoms with Crippen LogP contribution in [-0.4, -0.2) is 22.1 Å². The molecule has 1 aliphatic heterocycles. The Balaban J connectivity index is 1.87. The molecule has 0 saturated carbocycles. The lowest BCUT2D eigenvalue weighted by atomic mass is 10.1. The number of carbonyl (C=O) groups is 1. The zero-order valence-electron chi connectivity index (χ0n) is 12.5. The van der Waals surface area contributed by atoms with Gasteiger partial charge in [-0.15, -0.1) is 0 Å². The number of nitrogens with zero attached hydrogens (tertiary/aromatic N) is 2. The van der Waals surface area contributed by atoms with Crippen molar-refractivity contribution in [2.45, 2.75) is 32.5 Å². The number of hydrogen-bond acceptors (Lipinski definition) is 5. The molecule has 7 nitrogen and oxygen atoms in total. The van der Waals surface area contributed by atoms with Crippen molar-refractivity contribution in [3.05, 3.63) is 52.1 Å². The molecule has 116 valence electrons. The predicted molar refractivity (Wildman–Crippen MR) is 77.4 cm³/mol. The second-order valence-electron chi connectivity index (χ2n) is 5.58. The van der Waals surface area contributed by atoms with Gasteiger partial charge in [0.2, 0.25) is 0 Å². The van der Waals surface area contributed by atoms with Gasteiger partial charge in [-0.25, -0.2) is 4.98 Å². The van der Waals surface area contributed by atoms with E-state index in [0.717, 1.165) is 0 Å². The fraction of sp³-hybridized carbons (Fsp3) is 0.400. The molecule has 1 aliphatic rings. The summed E-state index contributed by atoms with van der Waals surface area (Å²) in [7, 11) is 0. The number of furan rings is 1. The lowest BCUT2D eigenvalue weighted by Gasteiger charge is -2.32. The van der Waals surface area contributed by atoms with Gasteiger partial charge in [-0.2, -0.15) is 0 Å². The minimum atomic E-state index is -0.700. The molecule has 0 spiro atoms. The van der Waals surface area contributed by atoms with Crippen LogP contribution in [0.15, 0.2) is 33.7 Å². The lowest BCUT2D eigenvalue weighted by molar-refractivity contribution is -0.0564. The maximum absolute atomic E-state index is 12.2. The van der Waals surface area contributed by atoms with Crippen LogP contribution >= 0.6 is 0 Å². The monoisotopic (exact) mass is 303 g/mol. The van der Waals surface area contributed by atoms with Crippen LogP contribution in [0.25, 0.3) is 0 Å². The van der Waals surface area contributed by atoms with E-state index in [2.05, 4.69) is 10.3 Å². The number of aromatic nitrogens is 2. The van der Waals surface area contributed by atoms with Crippen LogP contribution in [0.2, 0.25) is 0 Å². The Morgan fingerprint density at radius 1 is 1.50 bits per heavy atom. The van der Waals surface area contributed by atoms with Crippen LogP contribution < -0.4 is 10.9 Å². The van der Waals surface area contributed by atoms with Crippen LogP contribution in [0.3, 0.4) is 0 Å². The average Bonchev–Trinajstić information content (AvgIpc) is 2.98. The summed E-state index contributed by atoms with van der Waals surface area (Å²) in [5.74, 6) is 0.680. The molecule has 0 unspecified atom stereocenters. The summed E-state index contributed by atoms with van der Waals surface area (Å²) in [6, 6.07) is 4.75. The number of ether oxygens (including phenoxy) is 1. The highest BCUT2D eigenvalue weighted by molar-refractivity contribution is 5.92. The summed E-state index contributed by atoms with van der Waals surface area (Å²) in [4.78, 5) is 28.7. The SMILES string of the molecule is CC1(C)OCCn2c1nc(C(=O)NCc1ccco1)cc2=O. The molecular formula is C15H17N3O4. The molecule has 0 saturated heterocycles. The van der Waals surface area contributed by atoms with E-state index in [1.54, 1.807) is 16.7 Å². The summed E-state index contributed by atoms with van der Waals surface area (Å²) in [6.07, 6.45) is 1.53. The van der Waals surface area contributed by atoms with E-state index in [9.17, 15) is 9.59 Å². The first-order valence-corrected chi connectivity index (χ1v) is 7.04. The number of amides is 1. The molecule has 2 aromatic heterocycles. The molecule has 0 fully saturated rings. The molecule has 3 heterocycles. The van der Waals surface area contributed by atoms with Crippen LogP contribution in [0.1, 0.15) is 35.9 Å². The minimum Gasteiger partial charge on any atom is -0.467 e. The van der Waals surface area contributed by atoms with E-state index >= 15 is 0 Å². The van der Waals surface area contributed by atoms with Gasteiger partial charge >= 0.3 is 0 Å². The van der Waals surface area contributed by atoms with Crippen molar-refractivity contribution < 1.29 is 13.9 Å². The Morgan fingerprint density at radius 2 is 2.32 bits per heavy atom. The minimum absolute atomic E-state index is 0.0846. The van der Waals surface area contributed by atoms with Gasteiger partial charge in [-0.1, -0.05) is 0 Å². The molecule has 1 N–H and O–H groups in total. The van der Waals surface area contributed by atoms with E-state index in [-0.39, 0.29) is 17.8 Å². The zero-order chi connectivity index (χ0) is 15.7. The third kappa shape index (κ3) is 2.67. The van der Waals surface area contributed by atoms with E-state index < -0.39 is 11.5 Å². The van der Waals surface area contributed by atoms with E-state index in [0.29, 0.717) is 24.7 Å². The van der Waals surface area contributed by atoms with Gasteiger partial charge in [0, 0.05) is 6.07 Å². The highest BCUT2D eigenvalue weighted by atomic mass is 16.5. The summed E-state index contributed by atoms with van der Waals surface area (Å²) in [5, 5.41) is 2.68. The lowest BCUT2D eigenvalue weighted by Crippen LogP contribution is -2.42. The van der Waals surface area contributed by atoms with Crippen LogP contribution in [0.5, 0.6) is 0 Å². The number of hydrogen-bond donors (Lipinski definition) is 1. The first kappa shape index (κ1) is 14.5. The molecule has 1 amide bonds. The summed E-state index contributed by atoms with van der Waals surface area (Å²) in [6.45, 7) is 4.79. The van der Waals surface area contributed by atoms with Crippen LogP contribution in [0, 0.1) is 0 Å². The molecule has 2 aromatic rings. The fourth-order valence-corrected chi connectivity index (χ4v) is 2.43. The van der Waals surface area contributed by atoms with Gasteiger partial charge < -0.3 is 14.5 Å². The van der Waals surface area contributed by atoms with Crippen molar-refractivity contribution in [1.29, 1.82) is 0 Å². The maximum Gasteiger partial charge on any atom is 0.270 e. The smallest absolute Gasteiger partial charge is 0.270 e. The first-order chi connectivity index (χ1) is 10.5. The number of carbonyl (C=O) groups excluding carboxylic acids is 1. The van der Waals surface area contributed by atoms with E-state index in [4.69, 9.17) is 9.15 Å². The molecule has 0 aromatic carbocycles. The Kier molecular flexibility index (Phi) is 3.58. The van der Waals surface area contributed by atoms with Gasteiger partial charge in [-0.05, 0) is 26.0 Å². The molecule has 7 heteroatoms. The standard InChI is InChI=1S/C15H17N3O4/c1-15(2)14-17-11(8-12(19)18(14)5-7-22-15)13(20)16-9-10-4-3-6-21-10/h3-4,6,8H,5,7,9H2,1-2H3,(H,16,20). The largest absolute Gasteiger partial charge is 0.467 e. The summed E-state index contributed by atoms with van der Waals surface area (Å²) < 4.78 is 12.3. The second kappa shape index (κ2) is 5.42. The Bertz CT molecular complexity index is 747. The van der Waals surface area contributed by atoms with Crippen molar-refractivity contribution in [3.8, 4) is 0 Å². The fourth-order valence-electron chi connectivity index (χ4n) is 2.43. The second-order valence-corrected chi connectivity index (χ2v) is 5.58. The van der Waals surface area contributed by atoms with Gasteiger partial charge in [0.1, 0.15) is 22.9 Å². The normalized spacial score (nSPS) is 16.1. The summed E-state index contributed by atoms with van der Waals surface area (Å²) >= 11 is 0.